The Bertz CT molecular complexity index is 1580. The molecule has 6 aromatic rings. The fraction of sp³-hybridized carbons (Fsp3) is 0. The lowest BCUT2D eigenvalue weighted by Gasteiger charge is -2.05. The van der Waals surface area contributed by atoms with Crippen LogP contribution in [0.2, 0.25) is 0 Å². The molecule has 0 saturated heterocycles. The Morgan fingerprint density at radius 2 is 1.81 bits per heavy atom. The zero-order chi connectivity index (χ0) is 21.7. The van der Waals surface area contributed by atoms with E-state index in [4.69, 9.17) is 4.98 Å². The fourth-order valence-corrected chi connectivity index (χ4v) is 4.03. The van der Waals surface area contributed by atoms with Crippen molar-refractivity contribution in [1.82, 2.24) is 25.1 Å². The third-order valence-corrected chi connectivity index (χ3v) is 5.48. The van der Waals surface area contributed by atoms with Crippen LogP contribution in [0.3, 0.4) is 0 Å². The van der Waals surface area contributed by atoms with Crippen LogP contribution in [-0.2, 0) is 0 Å². The molecule has 4 aromatic heterocycles. The lowest BCUT2D eigenvalue weighted by atomic mass is 10.0. The molecule has 0 unspecified atom stereocenters. The number of H-pyrrole nitrogens is 2. The maximum atomic E-state index is 13.9. The van der Waals surface area contributed by atoms with Crippen molar-refractivity contribution in [2.75, 3.05) is 0 Å². The minimum absolute atomic E-state index is 0.113. The highest BCUT2D eigenvalue weighted by molar-refractivity contribution is 6.00. The Morgan fingerprint density at radius 3 is 2.66 bits per heavy atom. The minimum atomic E-state index is -0.488. The van der Waals surface area contributed by atoms with Gasteiger partial charge in [-0.3, -0.25) is 10.1 Å². The summed E-state index contributed by atoms with van der Waals surface area (Å²) in [5.41, 5.74) is 7.05. The first-order chi connectivity index (χ1) is 15.7. The molecule has 0 bridgehead atoms. The van der Waals surface area contributed by atoms with E-state index in [0.29, 0.717) is 11.3 Å². The van der Waals surface area contributed by atoms with Crippen LogP contribution in [0.5, 0.6) is 5.75 Å². The summed E-state index contributed by atoms with van der Waals surface area (Å²) in [5, 5.41) is 18.3. The maximum Gasteiger partial charge on any atom is 0.135 e. The van der Waals surface area contributed by atoms with Gasteiger partial charge in [0, 0.05) is 34.9 Å². The molecule has 4 heterocycles. The highest BCUT2D eigenvalue weighted by Crippen LogP contribution is 2.35. The largest absolute Gasteiger partial charge is 0.508 e. The molecule has 6 nitrogen and oxygen atoms in total. The summed E-state index contributed by atoms with van der Waals surface area (Å²) in [6.07, 6.45) is 3.50. The van der Waals surface area contributed by atoms with Gasteiger partial charge in [-0.1, -0.05) is 12.1 Å². The van der Waals surface area contributed by atoms with Crippen LogP contribution in [-0.4, -0.2) is 30.3 Å². The van der Waals surface area contributed by atoms with E-state index >= 15 is 0 Å². The van der Waals surface area contributed by atoms with Crippen molar-refractivity contribution in [1.29, 1.82) is 0 Å². The van der Waals surface area contributed by atoms with Gasteiger partial charge < -0.3 is 10.1 Å². The van der Waals surface area contributed by atoms with Crippen molar-refractivity contribution in [2.45, 2.75) is 0 Å². The summed E-state index contributed by atoms with van der Waals surface area (Å²) in [7, 11) is 0. The summed E-state index contributed by atoms with van der Waals surface area (Å²) < 4.78 is 13.9. The Hall–Kier alpha value is -4.52. The van der Waals surface area contributed by atoms with E-state index in [-0.39, 0.29) is 5.75 Å². The highest BCUT2D eigenvalue weighted by Gasteiger charge is 2.16. The first kappa shape index (κ1) is 18.3. The SMILES string of the molecule is Oc1cc(F)cc(-c2cccc3[nH]c(-c4n[nH]c5ccc(-c6cccnc6)nc45)cc23)c1. The van der Waals surface area contributed by atoms with Crippen LogP contribution in [0, 0.1) is 5.82 Å². The average molecular weight is 421 g/mol. The minimum Gasteiger partial charge on any atom is -0.508 e. The molecule has 0 fully saturated rings. The fourth-order valence-electron chi connectivity index (χ4n) is 4.03. The van der Waals surface area contributed by atoms with Gasteiger partial charge in [0.1, 0.15) is 22.8 Å². The number of rotatable bonds is 3. The molecular formula is C25H16FN5O. The van der Waals surface area contributed by atoms with Crippen LogP contribution in [0.25, 0.3) is 55.7 Å². The molecule has 0 amide bonds. The van der Waals surface area contributed by atoms with Crippen LogP contribution in [0.1, 0.15) is 0 Å². The van der Waals surface area contributed by atoms with Crippen molar-refractivity contribution < 1.29 is 9.50 Å². The van der Waals surface area contributed by atoms with Crippen molar-refractivity contribution in [3.05, 3.63) is 84.9 Å². The zero-order valence-electron chi connectivity index (χ0n) is 16.7. The first-order valence-corrected chi connectivity index (χ1v) is 10.0. The number of fused-ring (bicyclic) bond motifs is 2. The number of hydrogen-bond acceptors (Lipinski definition) is 4. The number of hydrogen-bond donors (Lipinski definition) is 3. The molecule has 154 valence electrons. The van der Waals surface area contributed by atoms with Crippen molar-refractivity contribution in [2.24, 2.45) is 0 Å². The Labute approximate surface area is 181 Å². The predicted molar refractivity (Wildman–Crippen MR) is 121 cm³/mol. The first-order valence-electron chi connectivity index (χ1n) is 10.0. The standard InChI is InChI=1S/C25H16FN5O/c26-16-9-15(10-17(32)11-16)18-4-1-5-21-19(18)12-23(28-21)25-24-22(30-31-25)7-6-20(29-24)14-3-2-8-27-13-14/h1-13,28,32H,(H,30,31). The number of nitrogens with one attached hydrogen (secondary N) is 2. The second kappa shape index (κ2) is 7.02. The van der Waals surface area contributed by atoms with Crippen molar-refractivity contribution in [3.8, 4) is 39.5 Å². The van der Waals surface area contributed by atoms with Crippen molar-refractivity contribution >= 4 is 21.9 Å². The molecule has 0 aliphatic heterocycles. The van der Waals surface area contributed by atoms with Gasteiger partial charge in [-0.15, -0.1) is 0 Å². The number of phenolic OH excluding ortho intramolecular Hbond substituents is 1. The van der Waals surface area contributed by atoms with E-state index in [1.807, 2.05) is 48.5 Å². The molecule has 3 N–H and O–H groups in total. The number of nitrogens with zero attached hydrogens (tertiary/aromatic N) is 3. The van der Waals surface area contributed by atoms with Gasteiger partial charge in [0.05, 0.1) is 16.9 Å². The number of benzene rings is 2. The van der Waals surface area contributed by atoms with Gasteiger partial charge in [0.15, 0.2) is 0 Å². The molecule has 7 heteroatoms. The van der Waals surface area contributed by atoms with E-state index in [1.54, 1.807) is 18.5 Å². The summed E-state index contributed by atoms with van der Waals surface area (Å²) >= 11 is 0. The van der Waals surface area contributed by atoms with Crippen LogP contribution in [0.15, 0.2) is 79.1 Å². The lowest BCUT2D eigenvalue weighted by Crippen LogP contribution is -1.86. The topological polar surface area (TPSA) is 90.5 Å². The number of pyridine rings is 2. The quantitative estimate of drug-likeness (QED) is 0.343. The maximum absolute atomic E-state index is 13.9. The van der Waals surface area contributed by atoms with E-state index in [1.165, 1.54) is 6.07 Å². The van der Waals surface area contributed by atoms with Gasteiger partial charge in [0.2, 0.25) is 0 Å². The zero-order valence-corrected chi connectivity index (χ0v) is 16.7. The third-order valence-electron chi connectivity index (χ3n) is 5.48. The van der Waals surface area contributed by atoms with Gasteiger partial charge >= 0.3 is 0 Å². The smallest absolute Gasteiger partial charge is 0.135 e. The van der Waals surface area contributed by atoms with Crippen LogP contribution >= 0.6 is 0 Å². The molecule has 0 aliphatic rings. The lowest BCUT2D eigenvalue weighted by molar-refractivity contribution is 0.469. The Balaban J connectivity index is 1.52. The normalized spacial score (nSPS) is 11.4. The number of aromatic hydroxyl groups is 1. The molecule has 0 spiro atoms. The summed E-state index contributed by atoms with van der Waals surface area (Å²) in [6.45, 7) is 0. The number of phenols is 1. The third kappa shape index (κ3) is 2.99. The average Bonchev–Trinajstić information content (AvgIpc) is 3.42. The summed E-state index contributed by atoms with van der Waals surface area (Å²) in [6, 6.07) is 19.5. The molecule has 0 aliphatic carbocycles. The van der Waals surface area contributed by atoms with E-state index in [0.717, 1.165) is 50.5 Å². The predicted octanol–water partition coefficient (Wildman–Crippen LogP) is 5.68. The van der Waals surface area contributed by atoms with Crippen LogP contribution in [0.4, 0.5) is 4.39 Å². The molecular weight excluding hydrogens is 405 g/mol. The van der Waals surface area contributed by atoms with E-state index < -0.39 is 5.82 Å². The number of halogens is 1. The van der Waals surface area contributed by atoms with Crippen molar-refractivity contribution in [3.63, 3.8) is 0 Å². The monoisotopic (exact) mass is 421 g/mol. The van der Waals surface area contributed by atoms with Gasteiger partial charge in [-0.2, -0.15) is 5.10 Å². The molecule has 32 heavy (non-hydrogen) atoms. The van der Waals surface area contributed by atoms with E-state index in [9.17, 15) is 9.50 Å². The molecule has 6 rings (SSSR count). The second-order valence-corrected chi connectivity index (χ2v) is 7.55. The molecule has 2 aromatic carbocycles. The summed E-state index contributed by atoms with van der Waals surface area (Å²) in [5.74, 6) is -0.601. The Morgan fingerprint density at radius 1 is 0.875 bits per heavy atom. The number of aromatic nitrogens is 5. The van der Waals surface area contributed by atoms with Gasteiger partial charge in [0.25, 0.3) is 0 Å². The summed E-state index contributed by atoms with van der Waals surface area (Å²) in [4.78, 5) is 12.4. The van der Waals surface area contributed by atoms with Gasteiger partial charge in [-0.05, 0) is 59.7 Å². The molecule has 0 atom stereocenters. The Kier molecular flexibility index (Phi) is 4.01. The number of aromatic amines is 2. The second-order valence-electron chi connectivity index (χ2n) is 7.55. The van der Waals surface area contributed by atoms with Gasteiger partial charge in [-0.25, -0.2) is 9.37 Å². The van der Waals surface area contributed by atoms with E-state index in [2.05, 4.69) is 20.2 Å². The van der Waals surface area contributed by atoms with Crippen LogP contribution < -0.4 is 0 Å². The molecule has 0 radical (unpaired) electrons. The highest BCUT2D eigenvalue weighted by atomic mass is 19.1. The molecule has 0 saturated carbocycles.